The van der Waals surface area contributed by atoms with E-state index in [1.807, 2.05) is 6.92 Å². The van der Waals surface area contributed by atoms with Gasteiger partial charge in [0.2, 0.25) is 11.8 Å². The molecule has 29 heavy (non-hydrogen) atoms. The van der Waals surface area contributed by atoms with Crippen molar-refractivity contribution >= 4 is 17.5 Å². The van der Waals surface area contributed by atoms with Gasteiger partial charge in [0.15, 0.2) is 0 Å². The lowest BCUT2D eigenvalue weighted by Crippen LogP contribution is -2.51. The maximum atomic E-state index is 13.7. The molecule has 0 spiro atoms. The van der Waals surface area contributed by atoms with Crippen LogP contribution in [-0.4, -0.2) is 41.9 Å². The average Bonchev–Trinajstić information content (AvgIpc) is 3.32. The van der Waals surface area contributed by atoms with Crippen LogP contribution in [0.15, 0.2) is 18.2 Å². The Morgan fingerprint density at radius 2 is 1.86 bits per heavy atom. The molecule has 1 aromatic rings. The van der Waals surface area contributed by atoms with E-state index in [-0.39, 0.29) is 18.5 Å². The summed E-state index contributed by atoms with van der Waals surface area (Å²) in [7, 11) is 0. The second-order valence-electron chi connectivity index (χ2n) is 8.52. The number of amides is 2. The zero-order valence-electron chi connectivity index (χ0n) is 17.4. The van der Waals surface area contributed by atoms with E-state index in [2.05, 4.69) is 17.6 Å². The second-order valence-corrected chi connectivity index (χ2v) is 8.52. The van der Waals surface area contributed by atoms with Crippen molar-refractivity contribution in [3.8, 4) is 0 Å². The highest BCUT2D eigenvalue weighted by molar-refractivity contribution is 5.93. The van der Waals surface area contributed by atoms with Gasteiger partial charge in [-0.2, -0.15) is 0 Å². The SMILES string of the molecule is CCN(CC(=O)Nc1c(F)cccc1F)C(C)C(=O)NC(C)C1CC2CCC1C2. The first-order valence-electron chi connectivity index (χ1n) is 10.6. The molecule has 2 bridgehead atoms. The van der Waals surface area contributed by atoms with E-state index in [0.717, 1.165) is 18.1 Å². The first-order chi connectivity index (χ1) is 13.8. The number of hydrogen-bond acceptors (Lipinski definition) is 3. The number of nitrogens with zero attached hydrogens (tertiary/aromatic N) is 1. The van der Waals surface area contributed by atoms with Crippen molar-refractivity contribution < 1.29 is 18.4 Å². The maximum Gasteiger partial charge on any atom is 0.238 e. The summed E-state index contributed by atoms with van der Waals surface area (Å²) in [6, 6.07) is 3.01. The number of likely N-dealkylation sites (N-methyl/N-ethyl adjacent to an activating group) is 1. The number of rotatable bonds is 8. The van der Waals surface area contributed by atoms with Crippen LogP contribution >= 0.6 is 0 Å². The molecule has 0 aliphatic heterocycles. The molecule has 5 unspecified atom stereocenters. The van der Waals surface area contributed by atoms with Crippen molar-refractivity contribution in [3.63, 3.8) is 0 Å². The normalized spacial score (nSPS) is 25.1. The first kappa shape index (κ1) is 21.7. The van der Waals surface area contributed by atoms with Crippen molar-refractivity contribution in [2.24, 2.45) is 17.8 Å². The number of benzene rings is 1. The third-order valence-corrected chi connectivity index (χ3v) is 6.71. The molecule has 2 saturated carbocycles. The zero-order valence-corrected chi connectivity index (χ0v) is 17.4. The summed E-state index contributed by atoms with van der Waals surface area (Å²) in [5.74, 6) is -0.263. The van der Waals surface area contributed by atoms with E-state index in [4.69, 9.17) is 0 Å². The quantitative estimate of drug-likeness (QED) is 0.693. The molecule has 0 aromatic heterocycles. The van der Waals surface area contributed by atoms with Gasteiger partial charge in [-0.1, -0.05) is 19.4 Å². The number of halogens is 2. The summed E-state index contributed by atoms with van der Waals surface area (Å²) >= 11 is 0. The number of hydrogen-bond donors (Lipinski definition) is 2. The summed E-state index contributed by atoms with van der Waals surface area (Å²) in [6.07, 6.45) is 5.06. The molecule has 2 amide bonds. The summed E-state index contributed by atoms with van der Waals surface area (Å²) < 4.78 is 27.5. The standard InChI is InChI=1S/C22H31F2N3O2/c1-4-27(12-20(28)26-21-18(23)6-5-7-19(21)24)14(3)22(29)25-13(2)17-11-15-8-9-16(17)10-15/h5-7,13-17H,4,8-12H2,1-3H3,(H,25,29)(H,26,28). The highest BCUT2D eigenvalue weighted by Gasteiger charge is 2.42. The van der Waals surface area contributed by atoms with Gasteiger partial charge in [-0.25, -0.2) is 8.78 Å². The van der Waals surface area contributed by atoms with Gasteiger partial charge >= 0.3 is 0 Å². The Morgan fingerprint density at radius 3 is 2.41 bits per heavy atom. The maximum absolute atomic E-state index is 13.7. The molecule has 2 N–H and O–H groups in total. The number of para-hydroxylation sites is 1. The van der Waals surface area contributed by atoms with E-state index in [9.17, 15) is 18.4 Å². The van der Waals surface area contributed by atoms with Crippen molar-refractivity contribution in [2.45, 2.75) is 58.5 Å². The molecule has 5 nitrogen and oxygen atoms in total. The molecule has 5 atom stereocenters. The molecule has 2 aliphatic rings. The number of carbonyl (C=O) groups is 2. The minimum Gasteiger partial charge on any atom is -0.352 e. The van der Waals surface area contributed by atoms with Crippen LogP contribution in [0.4, 0.5) is 14.5 Å². The summed E-state index contributed by atoms with van der Waals surface area (Å²) in [4.78, 5) is 26.8. The van der Waals surface area contributed by atoms with Crippen LogP contribution in [0, 0.1) is 29.4 Å². The molecule has 2 aliphatic carbocycles. The molecule has 2 fully saturated rings. The van der Waals surface area contributed by atoms with Gasteiger partial charge in [0.1, 0.15) is 17.3 Å². The van der Waals surface area contributed by atoms with Crippen molar-refractivity contribution in [1.82, 2.24) is 10.2 Å². The third-order valence-electron chi connectivity index (χ3n) is 6.71. The zero-order chi connectivity index (χ0) is 21.1. The van der Waals surface area contributed by atoms with Gasteiger partial charge < -0.3 is 10.6 Å². The Morgan fingerprint density at radius 1 is 1.17 bits per heavy atom. The van der Waals surface area contributed by atoms with E-state index in [0.29, 0.717) is 18.4 Å². The van der Waals surface area contributed by atoms with Crippen molar-refractivity contribution in [1.29, 1.82) is 0 Å². The van der Waals surface area contributed by atoms with Crippen LogP contribution in [0.1, 0.15) is 46.5 Å². The van der Waals surface area contributed by atoms with Crippen molar-refractivity contribution in [2.75, 3.05) is 18.4 Å². The monoisotopic (exact) mass is 407 g/mol. The molecular formula is C22H31F2N3O2. The van der Waals surface area contributed by atoms with Crippen LogP contribution in [0.3, 0.4) is 0 Å². The van der Waals surface area contributed by atoms with Gasteiger partial charge in [0.05, 0.1) is 12.6 Å². The molecule has 0 radical (unpaired) electrons. The number of nitrogens with one attached hydrogen (secondary N) is 2. The number of carbonyl (C=O) groups excluding carboxylic acids is 2. The first-order valence-corrected chi connectivity index (χ1v) is 10.6. The van der Waals surface area contributed by atoms with E-state index >= 15 is 0 Å². The molecule has 3 rings (SSSR count). The van der Waals surface area contributed by atoms with E-state index < -0.39 is 29.3 Å². The minimum absolute atomic E-state index is 0.111. The number of fused-ring (bicyclic) bond motifs is 2. The lowest BCUT2D eigenvalue weighted by Gasteiger charge is -2.32. The molecule has 1 aromatic carbocycles. The lowest BCUT2D eigenvalue weighted by atomic mass is 9.84. The summed E-state index contributed by atoms with van der Waals surface area (Å²) in [5, 5.41) is 5.41. The van der Waals surface area contributed by atoms with Crippen LogP contribution in [0.25, 0.3) is 0 Å². The molecule has 160 valence electrons. The predicted octanol–water partition coefficient (Wildman–Crippen LogP) is 3.55. The fraction of sp³-hybridized carbons (Fsp3) is 0.636. The Labute approximate surface area is 171 Å². The van der Waals surface area contributed by atoms with Crippen LogP contribution in [0.5, 0.6) is 0 Å². The molecule has 0 saturated heterocycles. The number of anilines is 1. The fourth-order valence-corrected chi connectivity index (χ4v) is 5.03. The van der Waals surface area contributed by atoms with Gasteiger partial charge in [0, 0.05) is 6.04 Å². The predicted molar refractivity (Wildman–Crippen MR) is 108 cm³/mol. The smallest absolute Gasteiger partial charge is 0.238 e. The van der Waals surface area contributed by atoms with E-state index in [1.165, 1.54) is 31.7 Å². The Hall–Kier alpha value is -2.02. The lowest BCUT2D eigenvalue weighted by molar-refractivity contribution is -0.128. The fourth-order valence-electron chi connectivity index (χ4n) is 5.03. The summed E-state index contributed by atoms with van der Waals surface area (Å²) in [5.41, 5.74) is -0.462. The molecular weight excluding hydrogens is 376 g/mol. The molecule has 0 heterocycles. The Balaban J connectivity index is 1.54. The minimum atomic E-state index is -0.827. The van der Waals surface area contributed by atoms with E-state index in [1.54, 1.807) is 11.8 Å². The third kappa shape index (κ3) is 4.94. The van der Waals surface area contributed by atoms with Crippen LogP contribution in [-0.2, 0) is 9.59 Å². The molecule has 7 heteroatoms. The average molecular weight is 408 g/mol. The van der Waals surface area contributed by atoms with Crippen molar-refractivity contribution in [3.05, 3.63) is 29.8 Å². The highest BCUT2D eigenvalue weighted by Crippen LogP contribution is 2.49. The van der Waals surface area contributed by atoms with Gasteiger partial charge in [-0.3, -0.25) is 14.5 Å². The topological polar surface area (TPSA) is 61.4 Å². The van der Waals surface area contributed by atoms with Gasteiger partial charge in [-0.05, 0) is 69.5 Å². The van der Waals surface area contributed by atoms with Gasteiger partial charge in [-0.15, -0.1) is 0 Å². The largest absolute Gasteiger partial charge is 0.352 e. The Kier molecular flexibility index (Phi) is 6.88. The second kappa shape index (κ2) is 9.20. The van der Waals surface area contributed by atoms with Crippen LogP contribution in [0.2, 0.25) is 0 Å². The van der Waals surface area contributed by atoms with Gasteiger partial charge in [0.25, 0.3) is 0 Å². The highest BCUT2D eigenvalue weighted by atomic mass is 19.1. The summed E-state index contributed by atoms with van der Waals surface area (Å²) in [6.45, 7) is 6.01. The van der Waals surface area contributed by atoms with Crippen LogP contribution < -0.4 is 10.6 Å². The Bertz CT molecular complexity index is 737.